The van der Waals surface area contributed by atoms with E-state index in [-0.39, 0.29) is 12.1 Å². The van der Waals surface area contributed by atoms with Gasteiger partial charge in [0.05, 0.1) is 20.0 Å². The maximum absolute atomic E-state index is 13.4. The van der Waals surface area contributed by atoms with E-state index in [1.165, 1.54) is 11.6 Å². The quantitative estimate of drug-likeness (QED) is 0.453. The van der Waals surface area contributed by atoms with Crippen LogP contribution in [-0.4, -0.2) is 40.0 Å². The molecule has 0 radical (unpaired) electrons. The Labute approximate surface area is 180 Å². The second-order valence-corrected chi connectivity index (χ2v) is 14.2. The molecule has 0 amide bonds. The molecule has 2 heterocycles. The van der Waals surface area contributed by atoms with E-state index in [4.69, 9.17) is 4.74 Å². The van der Waals surface area contributed by atoms with E-state index in [0.717, 1.165) is 9.25 Å². The number of para-hydroxylation sites is 1. The van der Waals surface area contributed by atoms with E-state index in [2.05, 4.69) is 24.6 Å². The molecule has 4 rings (SSSR count). The molecule has 1 aromatic heterocycles. The normalized spacial score (nSPS) is 17.9. The lowest BCUT2D eigenvalue weighted by Gasteiger charge is -2.23. The van der Waals surface area contributed by atoms with Crippen LogP contribution in [0, 0.1) is 0 Å². The molecule has 0 saturated carbocycles. The Morgan fingerprint density at radius 2 is 1.55 bits per heavy atom. The molecule has 0 aliphatic carbocycles. The summed E-state index contributed by atoms with van der Waals surface area (Å²) in [7, 11) is -1.70. The predicted molar refractivity (Wildman–Crippen MR) is 121 cm³/mol. The second-order valence-electron chi connectivity index (χ2n) is 8.82. The number of ether oxygens (including phenoxy) is 1. The first-order valence-corrected chi connectivity index (χ1v) is 13.7. The summed E-state index contributed by atoms with van der Waals surface area (Å²) in [5.74, 6) is -0.438. The summed E-state index contributed by atoms with van der Waals surface area (Å²) >= 11 is 0. The van der Waals surface area contributed by atoms with Crippen LogP contribution >= 0.6 is 0 Å². The Morgan fingerprint density at radius 1 is 0.968 bits per heavy atom. The molecule has 31 heavy (non-hydrogen) atoms. The third kappa shape index (κ3) is 3.50. The first-order valence-electron chi connectivity index (χ1n) is 9.99. The molecule has 0 saturated heterocycles. The zero-order chi connectivity index (χ0) is 22.4. The fourth-order valence-corrected chi connectivity index (χ4v) is 4.00. The summed E-state index contributed by atoms with van der Waals surface area (Å²) in [6.45, 7) is 7.72. The van der Waals surface area contributed by atoms with Crippen LogP contribution in [-0.2, 0) is 15.2 Å². The molecule has 1 atom stereocenters. The fourth-order valence-electron chi connectivity index (χ4n) is 3.43. The van der Waals surface area contributed by atoms with Crippen molar-refractivity contribution in [1.82, 2.24) is 13.9 Å². The highest BCUT2D eigenvalue weighted by atomic mass is 28.3. The standard InChI is InChI=1S/C22H24N4O4Si/c1-22(19(27)30-15-31(2,3)4)23-18(16-11-7-5-8-12-16)25-20(28)24(21(29)26(22)25)17-13-9-6-10-14-17/h5-14H,15H2,1-4H3. The Morgan fingerprint density at radius 3 is 2.13 bits per heavy atom. The number of aromatic nitrogens is 3. The predicted octanol–water partition coefficient (Wildman–Crippen LogP) is 2.20. The highest BCUT2D eigenvalue weighted by molar-refractivity contribution is 6.76. The molecule has 160 valence electrons. The molecule has 1 aliphatic heterocycles. The molecule has 0 N–H and O–H groups in total. The van der Waals surface area contributed by atoms with Gasteiger partial charge in [0, 0.05) is 5.56 Å². The van der Waals surface area contributed by atoms with Crippen molar-refractivity contribution >= 4 is 19.9 Å². The van der Waals surface area contributed by atoms with Gasteiger partial charge in [-0.15, -0.1) is 0 Å². The summed E-state index contributed by atoms with van der Waals surface area (Å²) in [6, 6.07) is 17.6. The monoisotopic (exact) mass is 436 g/mol. The molecular weight excluding hydrogens is 412 g/mol. The minimum atomic E-state index is -1.70. The van der Waals surface area contributed by atoms with Gasteiger partial charge in [-0.25, -0.2) is 23.9 Å². The summed E-state index contributed by atoms with van der Waals surface area (Å²) in [5, 5.41) is 0. The molecule has 0 fully saturated rings. The van der Waals surface area contributed by atoms with Crippen molar-refractivity contribution in [2.45, 2.75) is 32.2 Å². The van der Waals surface area contributed by atoms with E-state index in [1.807, 2.05) is 6.07 Å². The lowest BCUT2D eigenvalue weighted by atomic mass is 10.2. The summed E-state index contributed by atoms with van der Waals surface area (Å²) in [5.41, 5.74) is -1.91. The minimum Gasteiger partial charge on any atom is -0.466 e. The zero-order valence-electron chi connectivity index (χ0n) is 17.9. The maximum atomic E-state index is 13.4. The van der Waals surface area contributed by atoms with Crippen LogP contribution in [0.3, 0.4) is 0 Å². The summed E-state index contributed by atoms with van der Waals surface area (Å²) < 4.78 is 8.88. The van der Waals surface area contributed by atoms with Crippen molar-refractivity contribution in [2.75, 3.05) is 6.23 Å². The molecule has 0 spiro atoms. The Balaban J connectivity index is 1.94. The summed E-state index contributed by atoms with van der Waals surface area (Å²) in [6.07, 6.45) is 0.288. The van der Waals surface area contributed by atoms with E-state index >= 15 is 0 Å². The second kappa shape index (κ2) is 7.35. The van der Waals surface area contributed by atoms with Gasteiger partial charge in [0.1, 0.15) is 0 Å². The average molecular weight is 437 g/mol. The number of carbonyl (C=O) groups excluding carboxylic acids is 1. The smallest absolute Gasteiger partial charge is 0.358 e. The van der Waals surface area contributed by atoms with Crippen LogP contribution in [0.4, 0.5) is 0 Å². The zero-order valence-corrected chi connectivity index (χ0v) is 18.9. The Kier molecular flexibility index (Phi) is 4.93. The van der Waals surface area contributed by atoms with Gasteiger partial charge in [0.15, 0.2) is 5.84 Å². The van der Waals surface area contributed by atoms with Crippen LogP contribution in [0.1, 0.15) is 12.5 Å². The van der Waals surface area contributed by atoms with Crippen molar-refractivity contribution in [2.24, 2.45) is 4.99 Å². The van der Waals surface area contributed by atoms with E-state index in [9.17, 15) is 14.4 Å². The van der Waals surface area contributed by atoms with Crippen LogP contribution in [0.25, 0.3) is 5.69 Å². The number of benzene rings is 2. The van der Waals surface area contributed by atoms with Crippen molar-refractivity contribution in [3.05, 3.63) is 87.2 Å². The molecule has 1 aliphatic rings. The SMILES string of the molecule is CC1(C(=O)OC[Si](C)(C)C)N=C(c2ccccc2)n2c(=O)n(-c3ccccc3)c(=O)n21. The number of rotatable bonds is 5. The van der Waals surface area contributed by atoms with Crippen LogP contribution < -0.4 is 11.4 Å². The maximum Gasteiger partial charge on any atom is 0.358 e. The molecular formula is C22H24N4O4Si. The largest absolute Gasteiger partial charge is 0.466 e. The third-order valence-electron chi connectivity index (χ3n) is 4.95. The first-order chi connectivity index (χ1) is 14.6. The molecule has 8 nitrogen and oxygen atoms in total. The number of nitrogens with zero attached hydrogens (tertiary/aromatic N) is 4. The van der Waals surface area contributed by atoms with Crippen molar-refractivity contribution in [1.29, 1.82) is 0 Å². The molecule has 0 bridgehead atoms. The average Bonchev–Trinajstić information content (AvgIpc) is 3.21. The lowest BCUT2D eigenvalue weighted by Crippen LogP contribution is -2.46. The van der Waals surface area contributed by atoms with E-state index in [0.29, 0.717) is 11.3 Å². The first kappa shape index (κ1) is 20.8. The number of hydrogen-bond donors (Lipinski definition) is 0. The third-order valence-corrected chi connectivity index (χ3v) is 5.96. The van der Waals surface area contributed by atoms with E-state index < -0.39 is 31.1 Å². The number of fused-ring (bicyclic) bond motifs is 1. The van der Waals surface area contributed by atoms with Crippen molar-refractivity contribution in [3.8, 4) is 5.69 Å². The van der Waals surface area contributed by atoms with Gasteiger partial charge in [-0.1, -0.05) is 68.2 Å². The fraction of sp³-hybridized carbons (Fsp3) is 0.273. The van der Waals surface area contributed by atoms with Gasteiger partial charge < -0.3 is 4.74 Å². The van der Waals surface area contributed by atoms with Gasteiger partial charge in [0.2, 0.25) is 0 Å². The highest BCUT2D eigenvalue weighted by Crippen LogP contribution is 2.26. The van der Waals surface area contributed by atoms with Gasteiger partial charge >= 0.3 is 17.3 Å². The van der Waals surface area contributed by atoms with Gasteiger partial charge in [-0.2, -0.15) is 9.36 Å². The van der Waals surface area contributed by atoms with Crippen LogP contribution in [0.5, 0.6) is 0 Å². The van der Waals surface area contributed by atoms with E-state index in [1.54, 1.807) is 54.6 Å². The van der Waals surface area contributed by atoms with Gasteiger partial charge in [-0.05, 0) is 19.1 Å². The molecule has 3 aromatic rings. The van der Waals surface area contributed by atoms with Crippen molar-refractivity contribution < 1.29 is 9.53 Å². The highest BCUT2D eigenvalue weighted by Gasteiger charge is 2.48. The Hall–Kier alpha value is -3.46. The van der Waals surface area contributed by atoms with Gasteiger partial charge in [-0.3, -0.25) is 0 Å². The molecule has 2 aromatic carbocycles. The number of hydrogen-bond acceptors (Lipinski definition) is 5. The summed E-state index contributed by atoms with van der Waals surface area (Å²) in [4.78, 5) is 44.5. The number of carbonyl (C=O) groups is 1. The molecule has 9 heteroatoms. The molecule has 1 unspecified atom stereocenters. The van der Waals surface area contributed by atoms with Crippen LogP contribution in [0.15, 0.2) is 75.2 Å². The number of aliphatic imine (C=N–C) groups is 1. The topological polar surface area (TPSA) is 87.6 Å². The number of esters is 1. The van der Waals surface area contributed by atoms with Gasteiger partial charge in [0.25, 0.3) is 5.66 Å². The Bertz CT molecular complexity index is 1280. The van der Waals surface area contributed by atoms with Crippen molar-refractivity contribution in [3.63, 3.8) is 0 Å². The lowest BCUT2D eigenvalue weighted by molar-refractivity contribution is -0.151. The van der Waals surface area contributed by atoms with Crippen LogP contribution in [0.2, 0.25) is 19.6 Å². The minimum absolute atomic E-state index is 0.227.